The largest absolute Gasteiger partial charge is 0.469 e. The molecule has 2 rings (SSSR count). The molecule has 0 spiro atoms. The summed E-state index contributed by atoms with van der Waals surface area (Å²) in [4.78, 5) is 23.7. The molecule has 1 atom stereocenters. The highest BCUT2D eigenvalue weighted by molar-refractivity contribution is 6.33. The van der Waals surface area contributed by atoms with E-state index in [0.29, 0.717) is 24.7 Å². The average Bonchev–Trinajstić information content (AvgIpc) is 2.46. The molecule has 1 saturated heterocycles. The van der Waals surface area contributed by atoms with Crippen molar-refractivity contribution in [3.63, 3.8) is 0 Å². The third-order valence-corrected chi connectivity index (χ3v) is 3.81. The number of carbonyl (C=O) groups is 1. The molecular weight excluding hydrogens is 312 g/mol. The second-order valence-corrected chi connectivity index (χ2v) is 5.48. The number of halogens is 1. The van der Waals surface area contributed by atoms with E-state index < -0.39 is 4.92 Å². The zero-order valence-electron chi connectivity index (χ0n) is 12.4. The van der Waals surface area contributed by atoms with E-state index in [1.54, 1.807) is 6.92 Å². The van der Waals surface area contributed by atoms with Crippen LogP contribution >= 0.6 is 11.6 Å². The number of hydrogen-bond donors (Lipinski definition) is 0. The molecular formula is C14H17ClN2O5. The topological polar surface area (TPSA) is 81.9 Å². The van der Waals surface area contributed by atoms with Gasteiger partial charge in [-0.1, -0.05) is 11.6 Å². The number of nitro benzene ring substituents is 1. The third kappa shape index (κ3) is 3.66. The van der Waals surface area contributed by atoms with E-state index in [4.69, 9.17) is 16.3 Å². The van der Waals surface area contributed by atoms with Crippen LogP contribution in [0.5, 0.6) is 0 Å². The molecule has 1 aliphatic rings. The highest BCUT2D eigenvalue weighted by Crippen LogP contribution is 2.34. The van der Waals surface area contributed by atoms with Gasteiger partial charge in [0, 0.05) is 25.2 Å². The molecule has 7 nitrogen and oxygen atoms in total. The predicted molar refractivity (Wildman–Crippen MR) is 81.4 cm³/mol. The number of carbonyl (C=O) groups excluding carboxylic acids is 1. The quantitative estimate of drug-likeness (QED) is 0.479. The maximum absolute atomic E-state index is 11.4. The molecule has 1 aliphatic heterocycles. The van der Waals surface area contributed by atoms with Gasteiger partial charge < -0.3 is 14.4 Å². The first-order valence-corrected chi connectivity index (χ1v) is 7.18. The zero-order valence-corrected chi connectivity index (χ0v) is 13.1. The number of morpholine rings is 1. The standard InChI is InChI=1S/C14H17ClN2O5/c1-9-5-10(17(19)20)6-12(15)14(9)16-3-4-22-11(8-16)7-13(18)21-2/h5-6,11H,3-4,7-8H2,1-2H3. The molecule has 0 aliphatic carbocycles. The molecule has 0 aromatic heterocycles. The lowest BCUT2D eigenvalue weighted by molar-refractivity contribution is -0.384. The lowest BCUT2D eigenvalue weighted by Crippen LogP contribution is -2.43. The van der Waals surface area contributed by atoms with Gasteiger partial charge in [0.15, 0.2) is 0 Å². The molecule has 8 heteroatoms. The summed E-state index contributed by atoms with van der Waals surface area (Å²) in [6.45, 7) is 3.32. The number of rotatable bonds is 4. The van der Waals surface area contributed by atoms with Gasteiger partial charge in [-0.05, 0) is 12.5 Å². The summed E-state index contributed by atoms with van der Waals surface area (Å²) in [6.07, 6.45) is -0.122. The summed E-state index contributed by atoms with van der Waals surface area (Å²) in [5.41, 5.74) is 1.42. The Kier molecular flexibility index (Phi) is 5.20. The van der Waals surface area contributed by atoms with Crippen molar-refractivity contribution in [1.82, 2.24) is 0 Å². The maximum Gasteiger partial charge on any atom is 0.308 e. The first kappa shape index (κ1) is 16.5. The van der Waals surface area contributed by atoms with Crippen molar-refractivity contribution in [2.24, 2.45) is 0 Å². The van der Waals surface area contributed by atoms with E-state index in [1.807, 2.05) is 4.90 Å². The lowest BCUT2D eigenvalue weighted by atomic mass is 10.1. The predicted octanol–water partition coefficient (Wildman–Crippen LogP) is 2.32. The Morgan fingerprint density at radius 2 is 2.32 bits per heavy atom. The molecule has 22 heavy (non-hydrogen) atoms. The van der Waals surface area contributed by atoms with Crippen molar-refractivity contribution in [3.8, 4) is 0 Å². The molecule has 0 amide bonds. The molecule has 1 aromatic rings. The Hall–Kier alpha value is -1.86. The molecule has 0 N–H and O–H groups in total. The van der Waals surface area contributed by atoms with Crippen LogP contribution < -0.4 is 4.90 Å². The number of ether oxygens (including phenoxy) is 2. The Balaban J connectivity index is 2.20. The zero-order chi connectivity index (χ0) is 16.3. The molecule has 120 valence electrons. The Labute approximate surface area is 132 Å². The first-order valence-electron chi connectivity index (χ1n) is 6.80. The number of benzene rings is 1. The Morgan fingerprint density at radius 1 is 1.59 bits per heavy atom. The molecule has 1 aromatic carbocycles. The number of anilines is 1. The van der Waals surface area contributed by atoms with Crippen LogP contribution in [0.1, 0.15) is 12.0 Å². The number of nitrogens with zero attached hydrogens (tertiary/aromatic N) is 2. The van der Waals surface area contributed by atoms with E-state index >= 15 is 0 Å². The fraction of sp³-hybridized carbons (Fsp3) is 0.500. The summed E-state index contributed by atoms with van der Waals surface area (Å²) in [5, 5.41) is 11.2. The summed E-state index contributed by atoms with van der Waals surface area (Å²) >= 11 is 6.21. The van der Waals surface area contributed by atoms with Gasteiger partial charge in [0.25, 0.3) is 5.69 Å². The molecule has 1 fully saturated rings. The minimum Gasteiger partial charge on any atom is -0.469 e. The van der Waals surface area contributed by atoms with Crippen molar-refractivity contribution in [3.05, 3.63) is 32.8 Å². The minimum atomic E-state index is -0.470. The smallest absolute Gasteiger partial charge is 0.308 e. The van der Waals surface area contributed by atoms with E-state index in [1.165, 1.54) is 19.2 Å². The van der Waals surface area contributed by atoms with Gasteiger partial charge in [0.05, 0.1) is 41.9 Å². The Morgan fingerprint density at radius 3 is 2.91 bits per heavy atom. The fourth-order valence-corrected chi connectivity index (χ4v) is 2.92. The van der Waals surface area contributed by atoms with Gasteiger partial charge in [0.1, 0.15) is 0 Å². The monoisotopic (exact) mass is 328 g/mol. The van der Waals surface area contributed by atoms with Crippen molar-refractivity contribution in [2.45, 2.75) is 19.4 Å². The van der Waals surface area contributed by atoms with E-state index in [-0.39, 0.29) is 24.2 Å². The summed E-state index contributed by atoms with van der Waals surface area (Å²) < 4.78 is 10.2. The minimum absolute atomic E-state index is 0.0365. The van der Waals surface area contributed by atoms with Crippen molar-refractivity contribution in [2.75, 3.05) is 31.7 Å². The number of esters is 1. The second-order valence-electron chi connectivity index (χ2n) is 5.07. The van der Waals surface area contributed by atoms with Crippen molar-refractivity contribution < 1.29 is 19.2 Å². The van der Waals surface area contributed by atoms with Crippen LogP contribution in [0.25, 0.3) is 0 Å². The van der Waals surface area contributed by atoms with E-state index in [2.05, 4.69) is 4.74 Å². The van der Waals surface area contributed by atoms with Gasteiger partial charge in [-0.25, -0.2) is 0 Å². The van der Waals surface area contributed by atoms with Crippen molar-refractivity contribution in [1.29, 1.82) is 0 Å². The van der Waals surface area contributed by atoms with Crippen LogP contribution in [0.3, 0.4) is 0 Å². The van der Waals surface area contributed by atoms with E-state index in [9.17, 15) is 14.9 Å². The summed E-state index contributed by atoms with van der Waals surface area (Å²) in [5.74, 6) is -0.335. The van der Waals surface area contributed by atoms with Gasteiger partial charge in [-0.3, -0.25) is 14.9 Å². The maximum atomic E-state index is 11.4. The average molecular weight is 329 g/mol. The van der Waals surface area contributed by atoms with Crippen LogP contribution in [-0.2, 0) is 14.3 Å². The normalized spacial score (nSPS) is 18.1. The van der Waals surface area contributed by atoms with Crippen LogP contribution in [0.15, 0.2) is 12.1 Å². The molecule has 1 unspecified atom stereocenters. The van der Waals surface area contributed by atoms with Gasteiger partial charge in [0.2, 0.25) is 0 Å². The highest BCUT2D eigenvalue weighted by atomic mass is 35.5. The summed E-state index contributed by atoms with van der Waals surface area (Å²) in [6, 6.07) is 2.83. The van der Waals surface area contributed by atoms with Crippen molar-refractivity contribution >= 4 is 28.9 Å². The Bertz CT molecular complexity index is 570. The number of aryl methyl sites for hydroxylation is 1. The first-order chi connectivity index (χ1) is 10.4. The summed E-state index contributed by atoms with van der Waals surface area (Å²) in [7, 11) is 1.33. The van der Waals surface area contributed by atoms with Gasteiger partial charge in [-0.15, -0.1) is 0 Å². The number of hydrogen-bond acceptors (Lipinski definition) is 6. The highest BCUT2D eigenvalue weighted by Gasteiger charge is 2.26. The fourth-order valence-electron chi connectivity index (χ4n) is 2.54. The SMILES string of the molecule is COC(=O)CC1CN(c2c(C)cc([N+](=O)[O-])cc2Cl)CCO1. The lowest BCUT2D eigenvalue weighted by Gasteiger charge is -2.35. The second kappa shape index (κ2) is 6.93. The molecule has 0 radical (unpaired) electrons. The third-order valence-electron chi connectivity index (χ3n) is 3.53. The van der Waals surface area contributed by atoms with E-state index in [0.717, 1.165) is 11.3 Å². The van der Waals surface area contributed by atoms with Gasteiger partial charge in [-0.2, -0.15) is 0 Å². The number of nitro groups is 1. The molecule has 1 heterocycles. The van der Waals surface area contributed by atoms with Crippen LogP contribution in [0.4, 0.5) is 11.4 Å². The number of non-ortho nitro benzene ring substituents is 1. The van der Waals surface area contributed by atoms with Crippen LogP contribution in [0, 0.1) is 17.0 Å². The van der Waals surface area contributed by atoms with Crippen LogP contribution in [0.2, 0.25) is 5.02 Å². The number of methoxy groups -OCH3 is 1. The molecule has 0 bridgehead atoms. The molecule has 0 saturated carbocycles. The van der Waals surface area contributed by atoms with Crippen LogP contribution in [-0.4, -0.2) is 43.8 Å². The van der Waals surface area contributed by atoms with Gasteiger partial charge >= 0.3 is 5.97 Å².